The Balaban J connectivity index is 1.59. The number of aromatic nitrogens is 1. The summed E-state index contributed by atoms with van der Waals surface area (Å²) in [5.41, 5.74) is 4.15. The van der Waals surface area contributed by atoms with Gasteiger partial charge in [0.15, 0.2) is 0 Å². The van der Waals surface area contributed by atoms with Gasteiger partial charge in [0.2, 0.25) is 5.91 Å². The quantitative estimate of drug-likeness (QED) is 0.184. The fourth-order valence-corrected chi connectivity index (χ4v) is 4.18. The lowest BCUT2D eigenvalue weighted by molar-refractivity contribution is -0.118. The molecule has 178 valence electrons. The van der Waals surface area contributed by atoms with Crippen molar-refractivity contribution >= 4 is 57.5 Å². The van der Waals surface area contributed by atoms with Gasteiger partial charge in [-0.15, -0.1) is 0 Å². The summed E-state index contributed by atoms with van der Waals surface area (Å²) in [6.45, 7) is 0. The normalized spacial score (nSPS) is 11.6. The van der Waals surface area contributed by atoms with E-state index in [1.807, 2.05) is 24.3 Å². The number of para-hydroxylation sites is 1. The Kier molecular flexibility index (Phi) is 7.36. The fourth-order valence-electron chi connectivity index (χ4n) is 3.66. The lowest BCUT2D eigenvalue weighted by Gasteiger charge is -2.19. The number of halogens is 2. The SMILES string of the molecule is O=C(NO)c1ccc(NC(=O)[C@H](Cc2c[nH]c3ccccc23)NC(=O)c2cc(Cl)cc(Cl)c2)cc1. The Morgan fingerprint density at radius 2 is 1.57 bits per heavy atom. The van der Waals surface area contributed by atoms with E-state index in [0.717, 1.165) is 16.5 Å². The van der Waals surface area contributed by atoms with E-state index in [0.29, 0.717) is 15.7 Å². The molecule has 3 aromatic carbocycles. The molecular formula is C25H20Cl2N4O4. The van der Waals surface area contributed by atoms with Gasteiger partial charge >= 0.3 is 0 Å². The van der Waals surface area contributed by atoms with E-state index >= 15 is 0 Å². The predicted octanol–water partition coefficient (Wildman–Crippen LogP) is 4.57. The van der Waals surface area contributed by atoms with Crippen molar-refractivity contribution in [1.82, 2.24) is 15.8 Å². The van der Waals surface area contributed by atoms with Crippen molar-refractivity contribution < 1.29 is 19.6 Å². The molecule has 5 N–H and O–H groups in total. The van der Waals surface area contributed by atoms with Crippen molar-refractivity contribution in [2.45, 2.75) is 12.5 Å². The van der Waals surface area contributed by atoms with Gasteiger partial charge in [0.05, 0.1) is 0 Å². The van der Waals surface area contributed by atoms with Crippen LogP contribution in [-0.2, 0) is 11.2 Å². The first-order valence-electron chi connectivity index (χ1n) is 10.5. The average molecular weight is 511 g/mol. The van der Waals surface area contributed by atoms with E-state index in [1.165, 1.54) is 42.5 Å². The minimum atomic E-state index is -0.945. The van der Waals surface area contributed by atoms with E-state index in [9.17, 15) is 14.4 Å². The zero-order valence-electron chi connectivity index (χ0n) is 18.1. The van der Waals surface area contributed by atoms with Crippen LogP contribution in [0.1, 0.15) is 26.3 Å². The highest BCUT2D eigenvalue weighted by Gasteiger charge is 2.24. The monoisotopic (exact) mass is 510 g/mol. The molecule has 0 radical (unpaired) electrons. The maximum Gasteiger partial charge on any atom is 0.274 e. The molecule has 1 heterocycles. The van der Waals surface area contributed by atoms with Crippen molar-refractivity contribution in [1.29, 1.82) is 0 Å². The lowest BCUT2D eigenvalue weighted by atomic mass is 10.0. The third-order valence-electron chi connectivity index (χ3n) is 5.36. The van der Waals surface area contributed by atoms with Crippen LogP contribution in [0.25, 0.3) is 10.9 Å². The Morgan fingerprint density at radius 3 is 2.26 bits per heavy atom. The molecule has 4 rings (SSSR count). The van der Waals surface area contributed by atoms with Crippen LogP contribution in [0.5, 0.6) is 0 Å². The molecule has 0 aliphatic carbocycles. The Morgan fingerprint density at radius 1 is 0.886 bits per heavy atom. The molecule has 0 aliphatic heterocycles. The molecule has 1 atom stereocenters. The number of hydroxylamine groups is 1. The summed E-state index contributed by atoms with van der Waals surface area (Å²) in [6.07, 6.45) is 2.01. The number of amides is 3. The van der Waals surface area contributed by atoms with E-state index < -0.39 is 23.8 Å². The van der Waals surface area contributed by atoms with Gasteiger partial charge in [0.25, 0.3) is 11.8 Å². The van der Waals surface area contributed by atoms with Gasteiger partial charge in [-0.1, -0.05) is 41.4 Å². The first-order chi connectivity index (χ1) is 16.8. The standard InChI is InChI=1S/C25H20Cl2N4O4/c26-17-9-15(10-18(27)12-17)23(32)30-22(11-16-13-28-21-4-2-1-3-20(16)21)25(34)29-19-7-5-14(6-8-19)24(33)31-35/h1-10,12-13,22,28,35H,11H2,(H,29,34)(H,30,32)(H,31,33)/t22-/m0/s1. The van der Waals surface area contributed by atoms with Crippen molar-refractivity contribution in [2.24, 2.45) is 0 Å². The molecule has 4 aromatic rings. The van der Waals surface area contributed by atoms with E-state index in [-0.39, 0.29) is 17.5 Å². The van der Waals surface area contributed by atoms with Gasteiger partial charge in [-0.05, 0) is 54.1 Å². The highest BCUT2D eigenvalue weighted by atomic mass is 35.5. The van der Waals surface area contributed by atoms with Crippen LogP contribution in [-0.4, -0.2) is 34.0 Å². The summed E-state index contributed by atoms with van der Waals surface area (Å²) in [6, 6.07) is 17.1. The third kappa shape index (κ3) is 5.81. The first-order valence-corrected chi connectivity index (χ1v) is 11.3. The van der Waals surface area contributed by atoms with Crippen LogP contribution < -0.4 is 16.1 Å². The number of nitrogens with one attached hydrogen (secondary N) is 4. The average Bonchev–Trinajstić information content (AvgIpc) is 3.25. The topological polar surface area (TPSA) is 123 Å². The second kappa shape index (κ2) is 10.6. The lowest BCUT2D eigenvalue weighted by Crippen LogP contribution is -2.45. The Bertz CT molecular complexity index is 1380. The molecule has 0 spiro atoms. The summed E-state index contributed by atoms with van der Waals surface area (Å²) in [5.74, 6) is -1.65. The molecule has 0 saturated carbocycles. The summed E-state index contributed by atoms with van der Waals surface area (Å²) in [7, 11) is 0. The second-order valence-electron chi connectivity index (χ2n) is 7.76. The van der Waals surface area contributed by atoms with Crippen molar-refractivity contribution in [3.63, 3.8) is 0 Å². The Hall–Kier alpha value is -3.85. The molecule has 0 aliphatic rings. The molecule has 1 aromatic heterocycles. The number of hydrogen-bond acceptors (Lipinski definition) is 4. The van der Waals surface area contributed by atoms with Crippen LogP contribution in [0.4, 0.5) is 5.69 Å². The fraction of sp³-hybridized carbons (Fsp3) is 0.0800. The minimum absolute atomic E-state index is 0.209. The largest absolute Gasteiger partial charge is 0.361 e. The number of rotatable bonds is 7. The maximum absolute atomic E-state index is 13.2. The zero-order valence-corrected chi connectivity index (χ0v) is 19.7. The van der Waals surface area contributed by atoms with Crippen LogP contribution in [0.2, 0.25) is 10.0 Å². The molecule has 35 heavy (non-hydrogen) atoms. The minimum Gasteiger partial charge on any atom is -0.361 e. The van der Waals surface area contributed by atoms with Gasteiger partial charge in [-0.25, -0.2) is 5.48 Å². The highest BCUT2D eigenvalue weighted by Crippen LogP contribution is 2.22. The number of carbonyl (C=O) groups is 3. The van der Waals surface area contributed by atoms with Crippen molar-refractivity contribution in [3.8, 4) is 0 Å². The summed E-state index contributed by atoms with van der Waals surface area (Å²) >= 11 is 12.1. The summed E-state index contributed by atoms with van der Waals surface area (Å²) < 4.78 is 0. The molecule has 10 heteroatoms. The van der Waals surface area contributed by atoms with Crippen LogP contribution >= 0.6 is 23.2 Å². The van der Waals surface area contributed by atoms with Crippen molar-refractivity contribution in [3.05, 3.63) is 99.7 Å². The second-order valence-corrected chi connectivity index (χ2v) is 8.63. The highest BCUT2D eigenvalue weighted by molar-refractivity contribution is 6.35. The molecule has 0 saturated heterocycles. The summed E-state index contributed by atoms with van der Waals surface area (Å²) in [5, 5.41) is 15.8. The van der Waals surface area contributed by atoms with Gasteiger partial charge in [0.1, 0.15) is 6.04 Å². The third-order valence-corrected chi connectivity index (χ3v) is 5.80. The number of hydrogen-bond donors (Lipinski definition) is 5. The summed E-state index contributed by atoms with van der Waals surface area (Å²) in [4.78, 5) is 40.9. The predicted molar refractivity (Wildman–Crippen MR) is 134 cm³/mol. The number of anilines is 1. The van der Waals surface area contributed by atoms with E-state index in [1.54, 1.807) is 11.7 Å². The zero-order chi connectivity index (χ0) is 24.9. The van der Waals surface area contributed by atoms with E-state index in [2.05, 4.69) is 15.6 Å². The van der Waals surface area contributed by atoms with Crippen molar-refractivity contribution in [2.75, 3.05) is 5.32 Å². The number of benzene rings is 3. The smallest absolute Gasteiger partial charge is 0.274 e. The van der Waals surface area contributed by atoms with Gasteiger partial charge in [-0.2, -0.15) is 0 Å². The van der Waals surface area contributed by atoms with Crippen LogP contribution in [0.3, 0.4) is 0 Å². The number of carbonyl (C=O) groups excluding carboxylic acids is 3. The van der Waals surface area contributed by atoms with Crippen LogP contribution in [0, 0.1) is 0 Å². The first kappa shape index (κ1) is 24.3. The molecule has 8 nitrogen and oxygen atoms in total. The molecule has 0 fully saturated rings. The van der Waals surface area contributed by atoms with Gasteiger partial charge in [-0.3, -0.25) is 19.6 Å². The van der Waals surface area contributed by atoms with Gasteiger partial charge in [0, 0.05) is 50.4 Å². The number of H-pyrrole nitrogens is 1. The van der Waals surface area contributed by atoms with Gasteiger partial charge < -0.3 is 15.6 Å². The van der Waals surface area contributed by atoms with Crippen LogP contribution in [0.15, 0.2) is 72.9 Å². The maximum atomic E-state index is 13.2. The van der Waals surface area contributed by atoms with E-state index in [4.69, 9.17) is 28.4 Å². The number of aromatic amines is 1. The molecule has 0 unspecified atom stereocenters. The molecule has 0 bridgehead atoms. The Labute approximate surface area is 210 Å². The number of fused-ring (bicyclic) bond motifs is 1. The molecule has 3 amide bonds. The molecular weight excluding hydrogens is 491 g/mol.